The van der Waals surface area contributed by atoms with Crippen LogP contribution in [0.2, 0.25) is 0 Å². The van der Waals surface area contributed by atoms with E-state index in [0.717, 1.165) is 56.8 Å². The van der Waals surface area contributed by atoms with Crippen LogP contribution < -0.4 is 4.90 Å². The van der Waals surface area contributed by atoms with Gasteiger partial charge in [0.25, 0.3) is 0 Å². The van der Waals surface area contributed by atoms with Crippen LogP contribution >= 0.6 is 0 Å². The average molecular weight is 262 g/mol. The van der Waals surface area contributed by atoms with Gasteiger partial charge >= 0.3 is 0 Å². The molecule has 0 bridgehead atoms. The van der Waals surface area contributed by atoms with Gasteiger partial charge in [0, 0.05) is 38.9 Å². The van der Waals surface area contributed by atoms with Crippen LogP contribution in [0.15, 0.2) is 12.4 Å². The molecule has 2 saturated heterocycles. The number of morpholine rings is 1. The average Bonchev–Trinajstić information content (AvgIpc) is 2.88. The quantitative estimate of drug-likeness (QED) is 0.811. The summed E-state index contributed by atoms with van der Waals surface area (Å²) in [4.78, 5) is 13.7. The summed E-state index contributed by atoms with van der Waals surface area (Å²) >= 11 is 0. The summed E-state index contributed by atoms with van der Waals surface area (Å²) in [5.74, 6) is 1.78. The summed E-state index contributed by atoms with van der Waals surface area (Å²) in [7, 11) is 0. The molecule has 5 heteroatoms. The molecule has 3 heterocycles. The highest BCUT2D eigenvalue weighted by Gasteiger charge is 2.26. The zero-order valence-electron chi connectivity index (χ0n) is 11.6. The first-order chi connectivity index (χ1) is 9.31. The van der Waals surface area contributed by atoms with Crippen LogP contribution in [0.25, 0.3) is 0 Å². The Kier molecular flexibility index (Phi) is 3.94. The van der Waals surface area contributed by atoms with Crippen molar-refractivity contribution in [2.45, 2.75) is 13.3 Å². The van der Waals surface area contributed by atoms with Crippen LogP contribution in [0.3, 0.4) is 0 Å². The molecule has 5 nitrogen and oxygen atoms in total. The van der Waals surface area contributed by atoms with Gasteiger partial charge in [-0.15, -0.1) is 0 Å². The fraction of sp³-hybridized carbons (Fsp3) is 0.714. The minimum atomic E-state index is 0.750. The standard InChI is InChI=1S/C14H22N4O/c1-12-8-15-9-14(16-12)18-3-2-13(11-18)10-17-4-6-19-7-5-17/h8-9,13H,2-7,10-11H2,1H3. The number of anilines is 1. The van der Waals surface area contributed by atoms with E-state index >= 15 is 0 Å². The SMILES string of the molecule is Cc1cncc(N2CCC(CN3CCOCC3)C2)n1. The van der Waals surface area contributed by atoms with Gasteiger partial charge in [-0.2, -0.15) is 0 Å². The molecular formula is C14H22N4O. The lowest BCUT2D eigenvalue weighted by Gasteiger charge is -2.29. The number of hydrogen-bond donors (Lipinski definition) is 0. The fourth-order valence-electron chi connectivity index (χ4n) is 2.94. The Labute approximate surface area is 114 Å². The first-order valence-corrected chi connectivity index (χ1v) is 7.15. The molecule has 1 aromatic rings. The maximum atomic E-state index is 5.40. The molecule has 1 aromatic heterocycles. The number of rotatable bonds is 3. The van der Waals surface area contributed by atoms with E-state index in [-0.39, 0.29) is 0 Å². The molecule has 0 saturated carbocycles. The maximum absolute atomic E-state index is 5.40. The number of hydrogen-bond acceptors (Lipinski definition) is 5. The Morgan fingerprint density at radius 2 is 2.11 bits per heavy atom. The van der Waals surface area contributed by atoms with Gasteiger partial charge in [-0.05, 0) is 19.3 Å². The van der Waals surface area contributed by atoms with Crippen LogP contribution in [-0.4, -0.2) is 60.8 Å². The first-order valence-electron chi connectivity index (χ1n) is 7.15. The number of nitrogens with zero attached hydrogens (tertiary/aromatic N) is 4. The molecule has 1 unspecified atom stereocenters. The van der Waals surface area contributed by atoms with Gasteiger partial charge in [0.2, 0.25) is 0 Å². The van der Waals surface area contributed by atoms with Crippen LogP contribution in [0.4, 0.5) is 5.82 Å². The Balaban J connectivity index is 1.55. The van der Waals surface area contributed by atoms with Gasteiger partial charge in [0.15, 0.2) is 0 Å². The summed E-state index contributed by atoms with van der Waals surface area (Å²) in [6, 6.07) is 0. The second kappa shape index (κ2) is 5.84. The minimum Gasteiger partial charge on any atom is -0.379 e. The van der Waals surface area contributed by atoms with Crippen molar-refractivity contribution in [3.63, 3.8) is 0 Å². The lowest BCUT2D eigenvalue weighted by Crippen LogP contribution is -2.39. The van der Waals surface area contributed by atoms with E-state index in [1.807, 2.05) is 19.3 Å². The Bertz CT molecular complexity index is 420. The largest absolute Gasteiger partial charge is 0.379 e. The Morgan fingerprint density at radius 3 is 2.89 bits per heavy atom. The summed E-state index contributed by atoms with van der Waals surface area (Å²) in [6.07, 6.45) is 4.95. The lowest BCUT2D eigenvalue weighted by molar-refractivity contribution is 0.0320. The molecule has 19 heavy (non-hydrogen) atoms. The van der Waals surface area contributed by atoms with E-state index in [9.17, 15) is 0 Å². The smallest absolute Gasteiger partial charge is 0.147 e. The Hall–Kier alpha value is -1.20. The molecule has 2 aliphatic heterocycles. The molecule has 2 aliphatic rings. The topological polar surface area (TPSA) is 41.5 Å². The van der Waals surface area contributed by atoms with Crippen LogP contribution in [-0.2, 0) is 4.74 Å². The van der Waals surface area contributed by atoms with Crippen molar-refractivity contribution in [1.29, 1.82) is 0 Å². The molecule has 0 aromatic carbocycles. The summed E-state index contributed by atoms with van der Waals surface area (Å²) in [5, 5.41) is 0. The maximum Gasteiger partial charge on any atom is 0.147 e. The highest BCUT2D eigenvalue weighted by Crippen LogP contribution is 2.22. The molecule has 0 amide bonds. The van der Waals surface area contributed by atoms with Crippen LogP contribution in [0.5, 0.6) is 0 Å². The van der Waals surface area contributed by atoms with Crippen molar-refractivity contribution in [3.05, 3.63) is 18.1 Å². The molecule has 0 radical (unpaired) electrons. The van der Waals surface area contributed by atoms with Crippen LogP contribution in [0.1, 0.15) is 12.1 Å². The van der Waals surface area contributed by atoms with Gasteiger partial charge in [-0.3, -0.25) is 9.88 Å². The van der Waals surface area contributed by atoms with Crippen molar-refractivity contribution in [2.24, 2.45) is 5.92 Å². The van der Waals surface area contributed by atoms with Gasteiger partial charge < -0.3 is 9.64 Å². The normalized spacial score (nSPS) is 24.9. The summed E-state index contributed by atoms with van der Waals surface area (Å²) < 4.78 is 5.40. The number of aryl methyl sites for hydroxylation is 1. The van der Waals surface area contributed by atoms with Gasteiger partial charge in [-0.25, -0.2) is 4.98 Å². The van der Waals surface area contributed by atoms with Crippen molar-refractivity contribution in [1.82, 2.24) is 14.9 Å². The van der Waals surface area contributed by atoms with E-state index in [1.54, 1.807) is 0 Å². The van der Waals surface area contributed by atoms with E-state index < -0.39 is 0 Å². The third-order valence-corrected chi connectivity index (χ3v) is 3.97. The molecule has 0 aliphatic carbocycles. The Morgan fingerprint density at radius 1 is 1.26 bits per heavy atom. The molecule has 1 atom stereocenters. The molecule has 0 N–H and O–H groups in total. The van der Waals surface area contributed by atoms with E-state index in [2.05, 4.69) is 19.8 Å². The lowest BCUT2D eigenvalue weighted by atomic mass is 10.1. The first kappa shape index (κ1) is 12.8. The zero-order valence-corrected chi connectivity index (χ0v) is 11.6. The van der Waals surface area contributed by atoms with Gasteiger partial charge in [-0.1, -0.05) is 0 Å². The van der Waals surface area contributed by atoms with E-state index in [4.69, 9.17) is 4.74 Å². The van der Waals surface area contributed by atoms with Gasteiger partial charge in [0.1, 0.15) is 5.82 Å². The summed E-state index contributed by atoms with van der Waals surface area (Å²) in [5.41, 5.74) is 0.995. The minimum absolute atomic E-state index is 0.750. The third kappa shape index (κ3) is 3.22. The second-order valence-electron chi connectivity index (χ2n) is 5.53. The molecular weight excluding hydrogens is 240 g/mol. The highest BCUT2D eigenvalue weighted by atomic mass is 16.5. The van der Waals surface area contributed by atoms with E-state index in [1.165, 1.54) is 13.0 Å². The van der Waals surface area contributed by atoms with Gasteiger partial charge in [0.05, 0.1) is 25.1 Å². The van der Waals surface area contributed by atoms with Crippen molar-refractivity contribution in [2.75, 3.05) is 50.8 Å². The van der Waals surface area contributed by atoms with Crippen molar-refractivity contribution in [3.8, 4) is 0 Å². The zero-order chi connectivity index (χ0) is 13.1. The molecule has 0 spiro atoms. The molecule has 2 fully saturated rings. The third-order valence-electron chi connectivity index (χ3n) is 3.97. The molecule has 104 valence electrons. The predicted molar refractivity (Wildman–Crippen MR) is 74.3 cm³/mol. The summed E-state index contributed by atoms with van der Waals surface area (Å²) in [6.45, 7) is 9.35. The fourth-order valence-corrected chi connectivity index (χ4v) is 2.94. The predicted octanol–water partition coefficient (Wildman–Crippen LogP) is 0.944. The molecule has 3 rings (SSSR count). The second-order valence-corrected chi connectivity index (χ2v) is 5.53. The highest BCUT2D eigenvalue weighted by molar-refractivity contribution is 5.37. The van der Waals surface area contributed by atoms with Crippen LogP contribution in [0, 0.1) is 12.8 Å². The van der Waals surface area contributed by atoms with Crippen molar-refractivity contribution >= 4 is 5.82 Å². The number of ether oxygens (including phenoxy) is 1. The van der Waals surface area contributed by atoms with Crippen molar-refractivity contribution < 1.29 is 4.74 Å². The van der Waals surface area contributed by atoms with E-state index in [0.29, 0.717) is 0 Å². The monoisotopic (exact) mass is 262 g/mol. The number of aromatic nitrogens is 2.